The Morgan fingerprint density at radius 2 is 1.78 bits per heavy atom. The van der Waals surface area contributed by atoms with Crippen LogP contribution in [0.3, 0.4) is 0 Å². The van der Waals surface area contributed by atoms with E-state index in [1.54, 1.807) is 0 Å². The summed E-state index contributed by atoms with van der Waals surface area (Å²) in [4.78, 5) is 11.7. The number of carbonyl (C=O) groups excluding carboxylic acids is 1. The van der Waals surface area contributed by atoms with Crippen molar-refractivity contribution in [1.29, 1.82) is 0 Å². The molecule has 3 nitrogen and oxygen atoms in total. The molecule has 0 radical (unpaired) electrons. The summed E-state index contributed by atoms with van der Waals surface area (Å²) in [5.41, 5.74) is 3.61. The molecule has 2 aromatic rings. The van der Waals surface area contributed by atoms with Gasteiger partial charge in [-0.3, -0.25) is 4.79 Å². The van der Waals surface area contributed by atoms with Crippen LogP contribution in [0.15, 0.2) is 66.2 Å². The van der Waals surface area contributed by atoms with E-state index in [2.05, 4.69) is 65.7 Å². The van der Waals surface area contributed by atoms with Crippen molar-refractivity contribution in [3.8, 4) is 0 Å². The van der Waals surface area contributed by atoms with Crippen LogP contribution in [0.4, 0.5) is 5.69 Å². The van der Waals surface area contributed by atoms with E-state index < -0.39 is 0 Å². The predicted molar refractivity (Wildman–Crippen MR) is 97.4 cm³/mol. The normalized spacial score (nSPS) is 17.1. The number of carbonyl (C=O) groups is 1. The lowest BCUT2D eigenvalue weighted by Crippen LogP contribution is -2.23. The first-order valence-electron chi connectivity index (χ1n) is 7.74. The van der Waals surface area contributed by atoms with E-state index in [0.717, 1.165) is 30.1 Å². The van der Waals surface area contributed by atoms with Gasteiger partial charge in [-0.25, -0.2) is 0 Å². The summed E-state index contributed by atoms with van der Waals surface area (Å²) in [5, 5.41) is 6.88. The smallest absolute Gasteiger partial charge is 0.238 e. The van der Waals surface area contributed by atoms with Gasteiger partial charge in [0.25, 0.3) is 0 Å². The number of nitrogens with one attached hydrogen (secondary N) is 2. The molecule has 1 saturated heterocycles. The zero-order valence-electron chi connectivity index (χ0n) is 12.9. The Morgan fingerprint density at radius 1 is 1.04 bits per heavy atom. The molecule has 2 aromatic carbocycles. The van der Waals surface area contributed by atoms with Crippen molar-refractivity contribution in [2.24, 2.45) is 0 Å². The Bertz CT molecular complexity index is 682. The molecule has 2 N–H and O–H groups in total. The van der Waals surface area contributed by atoms with E-state index in [9.17, 15) is 4.79 Å². The van der Waals surface area contributed by atoms with Crippen LogP contribution in [-0.4, -0.2) is 17.7 Å². The van der Waals surface area contributed by atoms with Crippen LogP contribution in [-0.2, 0) is 17.6 Å². The van der Waals surface area contributed by atoms with E-state index in [1.807, 2.05) is 6.07 Å². The SMILES string of the molecule is C=C1NC(=O)C(Cc2ccc(NCCc3ccccc3)cc2)S1. The van der Waals surface area contributed by atoms with Crippen molar-refractivity contribution >= 4 is 23.4 Å². The van der Waals surface area contributed by atoms with E-state index >= 15 is 0 Å². The highest BCUT2D eigenvalue weighted by Gasteiger charge is 2.27. The van der Waals surface area contributed by atoms with Crippen molar-refractivity contribution in [2.75, 3.05) is 11.9 Å². The van der Waals surface area contributed by atoms with Gasteiger partial charge in [-0.1, -0.05) is 60.8 Å². The van der Waals surface area contributed by atoms with Gasteiger partial charge >= 0.3 is 0 Å². The molecule has 1 atom stereocenters. The van der Waals surface area contributed by atoms with Crippen LogP contribution in [0, 0.1) is 0 Å². The molecule has 1 aliphatic rings. The van der Waals surface area contributed by atoms with E-state index in [-0.39, 0.29) is 11.2 Å². The first kappa shape index (κ1) is 15.7. The minimum atomic E-state index is -0.0561. The van der Waals surface area contributed by atoms with Crippen molar-refractivity contribution in [3.63, 3.8) is 0 Å². The van der Waals surface area contributed by atoms with Gasteiger partial charge in [0.15, 0.2) is 0 Å². The summed E-state index contributed by atoms with van der Waals surface area (Å²) < 4.78 is 0. The molecule has 0 saturated carbocycles. The fourth-order valence-electron chi connectivity index (χ4n) is 2.58. The fraction of sp³-hybridized carbons (Fsp3) is 0.211. The van der Waals surface area contributed by atoms with Gasteiger partial charge in [-0.05, 0) is 36.1 Å². The standard InChI is InChI=1S/C19H20N2OS/c1-14-21-19(22)18(23-14)13-16-7-9-17(10-8-16)20-12-11-15-5-3-2-4-6-15/h2-10,18,20H,1,11-13H2,(H,21,22). The van der Waals surface area contributed by atoms with Crippen molar-refractivity contribution < 1.29 is 4.79 Å². The van der Waals surface area contributed by atoms with Crippen molar-refractivity contribution in [2.45, 2.75) is 18.1 Å². The van der Waals surface area contributed by atoms with Gasteiger partial charge in [-0.2, -0.15) is 0 Å². The highest BCUT2D eigenvalue weighted by atomic mass is 32.2. The monoisotopic (exact) mass is 324 g/mol. The molecular formula is C19H20N2OS. The predicted octanol–water partition coefficient (Wildman–Crippen LogP) is 3.59. The minimum Gasteiger partial charge on any atom is -0.385 e. The summed E-state index contributed by atoms with van der Waals surface area (Å²) in [6.07, 6.45) is 1.74. The lowest BCUT2D eigenvalue weighted by molar-refractivity contribution is -0.119. The first-order chi connectivity index (χ1) is 11.2. The lowest BCUT2D eigenvalue weighted by atomic mass is 10.1. The second-order valence-electron chi connectivity index (χ2n) is 5.58. The topological polar surface area (TPSA) is 41.1 Å². The van der Waals surface area contributed by atoms with Gasteiger partial charge < -0.3 is 10.6 Å². The Morgan fingerprint density at radius 3 is 2.43 bits per heavy atom. The second kappa shape index (κ2) is 7.38. The number of anilines is 1. The third-order valence-corrected chi connectivity index (χ3v) is 4.85. The maximum atomic E-state index is 11.7. The van der Waals surface area contributed by atoms with Gasteiger partial charge in [-0.15, -0.1) is 0 Å². The molecule has 1 amide bonds. The molecule has 118 valence electrons. The molecule has 0 aliphatic carbocycles. The Kier molecular flexibility index (Phi) is 5.03. The van der Waals surface area contributed by atoms with Crippen LogP contribution in [0.1, 0.15) is 11.1 Å². The molecule has 1 heterocycles. The Balaban J connectivity index is 1.49. The molecule has 4 heteroatoms. The Hall–Kier alpha value is -2.20. The number of amides is 1. The number of hydrogen-bond acceptors (Lipinski definition) is 3. The van der Waals surface area contributed by atoms with Crippen molar-refractivity contribution in [1.82, 2.24) is 5.32 Å². The zero-order valence-corrected chi connectivity index (χ0v) is 13.7. The first-order valence-corrected chi connectivity index (χ1v) is 8.62. The highest BCUT2D eigenvalue weighted by molar-refractivity contribution is 8.04. The third-order valence-electron chi connectivity index (χ3n) is 3.80. The van der Waals surface area contributed by atoms with Crippen LogP contribution in [0.2, 0.25) is 0 Å². The van der Waals surface area contributed by atoms with Gasteiger partial charge in [0.2, 0.25) is 5.91 Å². The summed E-state index contributed by atoms with van der Waals surface area (Å²) in [6.45, 7) is 4.70. The quantitative estimate of drug-likeness (QED) is 0.853. The maximum absolute atomic E-state index is 11.7. The number of hydrogen-bond donors (Lipinski definition) is 2. The zero-order chi connectivity index (χ0) is 16.1. The Labute approximate surface area is 141 Å². The van der Waals surface area contributed by atoms with Gasteiger partial charge in [0, 0.05) is 12.2 Å². The summed E-state index contributed by atoms with van der Waals surface area (Å²) in [5.74, 6) is 0.0602. The minimum absolute atomic E-state index is 0.0561. The molecule has 1 aliphatic heterocycles. The van der Waals surface area contributed by atoms with Crippen molar-refractivity contribution in [3.05, 3.63) is 77.3 Å². The van der Waals surface area contributed by atoms with Gasteiger partial charge in [0.1, 0.15) is 0 Å². The molecule has 1 unspecified atom stereocenters. The molecule has 1 fully saturated rings. The third kappa shape index (κ3) is 4.39. The van der Waals surface area contributed by atoms with Crippen LogP contribution < -0.4 is 10.6 Å². The fourth-order valence-corrected chi connectivity index (χ4v) is 3.52. The molecular weight excluding hydrogens is 304 g/mol. The molecule has 0 spiro atoms. The largest absolute Gasteiger partial charge is 0.385 e. The van der Waals surface area contributed by atoms with Crippen LogP contribution in [0.25, 0.3) is 0 Å². The van der Waals surface area contributed by atoms with Gasteiger partial charge in [0.05, 0.1) is 10.3 Å². The molecule has 0 aromatic heterocycles. The summed E-state index contributed by atoms with van der Waals surface area (Å²) in [7, 11) is 0. The lowest BCUT2D eigenvalue weighted by Gasteiger charge is -2.09. The van der Waals surface area contributed by atoms with E-state index in [1.165, 1.54) is 22.9 Å². The molecule has 0 bridgehead atoms. The summed E-state index contributed by atoms with van der Waals surface area (Å²) >= 11 is 1.51. The van der Waals surface area contributed by atoms with E-state index in [0.29, 0.717) is 0 Å². The van der Waals surface area contributed by atoms with Crippen LogP contribution in [0.5, 0.6) is 0 Å². The maximum Gasteiger partial charge on any atom is 0.238 e. The molecule has 23 heavy (non-hydrogen) atoms. The molecule has 3 rings (SSSR count). The average Bonchev–Trinajstić information content (AvgIpc) is 2.88. The number of benzene rings is 2. The average molecular weight is 324 g/mol. The van der Waals surface area contributed by atoms with Crippen LogP contribution >= 0.6 is 11.8 Å². The van der Waals surface area contributed by atoms with E-state index in [4.69, 9.17) is 0 Å². The highest BCUT2D eigenvalue weighted by Crippen LogP contribution is 2.28. The number of thioether (sulfide) groups is 1. The second-order valence-corrected chi connectivity index (χ2v) is 6.88. The summed E-state index contributed by atoms with van der Waals surface area (Å²) in [6, 6.07) is 18.8. The number of rotatable bonds is 6.